The van der Waals surface area contributed by atoms with Gasteiger partial charge in [-0.25, -0.2) is 0 Å². The molecular weight excluding hydrogens is 174 g/mol. The van der Waals surface area contributed by atoms with E-state index in [2.05, 4.69) is 29.3 Å². The molecule has 0 saturated heterocycles. The first-order valence-corrected chi connectivity index (χ1v) is 5.15. The zero-order valence-corrected chi connectivity index (χ0v) is 8.28. The predicted molar refractivity (Wildman–Crippen MR) is 57.6 cm³/mol. The van der Waals surface area contributed by atoms with Crippen LogP contribution in [0.25, 0.3) is 0 Å². The minimum atomic E-state index is 0.778. The van der Waals surface area contributed by atoms with Crippen molar-refractivity contribution in [2.24, 2.45) is 4.99 Å². The number of ether oxygens (including phenoxy) is 1. The van der Waals surface area contributed by atoms with Crippen LogP contribution in [0.3, 0.4) is 0 Å². The van der Waals surface area contributed by atoms with Gasteiger partial charge >= 0.3 is 0 Å². The van der Waals surface area contributed by atoms with Crippen molar-refractivity contribution in [1.82, 2.24) is 0 Å². The van der Waals surface area contributed by atoms with Gasteiger partial charge in [-0.15, -0.1) is 0 Å². The van der Waals surface area contributed by atoms with Crippen LogP contribution in [0.15, 0.2) is 35.3 Å². The average Bonchev–Trinajstić information content (AvgIpc) is 2.72. The van der Waals surface area contributed by atoms with E-state index in [1.54, 1.807) is 0 Å². The van der Waals surface area contributed by atoms with E-state index >= 15 is 0 Å². The molecule has 0 bridgehead atoms. The Morgan fingerprint density at radius 3 is 2.71 bits per heavy atom. The molecule has 0 unspecified atom stereocenters. The maximum Gasteiger partial charge on any atom is 0.183 e. The third-order valence-electron chi connectivity index (χ3n) is 2.35. The number of benzene rings is 1. The Kier molecular flexibility index (Phi) is 3.17. The molecule has 74 valence electrons. The highest BCUT2D eigenvalue weighted by atomic mass is 16.5. The van der Waals surface area contributed by atoms with Crippen LogP contribution < -0.4 is 0 Å². The van der Waals surface area contributed by atoms with Gasteiger partial charge in [-0.2, -0.15) is 0 Å². The van der Waals surface area contributed by atoms with Gasteiger partial charge in [0.1, 0.15) is 6.61 Å². The Hall–Kier alpha value is -1.31. The highest BCUT2D eigenvalue weighted by molar-refractivity contribution is 5.77. The van der Waals surface area contributed by atoms with Crippen LogP contribution >= 0.6 is 0 Å². The second-order valence-electron chi connectivity index (χ2n) is 3.46. The summed E-state index contributed by atoms with van der Waals surface area (Å²) in [5, 5.41) is 0. The average molecular weight is 189 g/mol. The normalized spacial score (nSPS) is 15.0. The van der Waals surface area contributed by atoms with Gasteiger partial charge in [0.2, 0.25) is 0 Å². The lowest BCUT2D eigenvalue weighted by molar-refractivity contribution is 0.337. The van der Waals surface area contributed by atoms with Gasteiger partial charge in [-0.1, -0.05) is 30.3 Å². The fourth-order valence-electron chi connectivity index (χ4n) is 1.62. The van der Waals surface area contributed by atoms with Crippen molar-refractivity contribution < 1.29 is 4.74 Å². The monoisotopic (exact) mass is 189 g/mol. The molecule has 0 amide bonds. The molecule has 14 heavy (non-hydrogen) atoms. The summed E-state index contributed by atoms with van der Waals surface area (Å²) >= 11 is 0. The molecule has 0 spiro atoms. The van der Waals surface area contributed by atoms with Crippen molar-refractivity contribution in [2.75, 3.05) is 13.2 Å². The lowest BCUT2D eigenvalue weighted by atomic mass is 10.1. The molecule has 0 radical (unpaired) electrons. The SMILES string of the molecule is c1ccc(CCCC2=NCCO2)cc1. The molecule has 2 heteroatoms. The van der Waals surface area contributed by atoms with Crippen molar-refractivity contribution in [2.45, 2.75) is 19.3 Å². The zero-order valence-electron chi connectivity index (χ0n) is 8.28. The predicted octanol–water partition coefficient (Wildman–Crippen LogP) is 2.44. The summed E-state index contributed by atoms with van der Waals surface area (Å²) < 4.78 is 5.34. The summed E-state index contributed by atoms with van der Waals surface area (Å²) in [5.41, 5.74) is 1.39. The summed E-state index contributed by atoms with van der Waals surface area (Å²) in [4.78, 5) is 4.26. The van der Waals surface area contributed by atoms with E-state index < -0.39 is 0 Å². The number of aliphatic imine (C=N–C) groups is 1. The summed E-state index contributed by atoms with van der Waals surface area (Å²) in [6.45, 7) is 1.63. The van der Waals surface area contributed by atoms with Gasteiger partial charge in [0.25, 0.3) is 0 Å². The molecule has 0 saturated carbocycles. The quantitative estimate of drug-likeness (QED) is 0.713. The second-order valence-corrected chi connectivity index (χ2v) is 3.46. The van der Waals surface area contributed by atoms with Crippen molar-refractivity contribution in [3.8, 4) is 0 Å². The first kappa shape index (κ1) is 9.25. The van der Waals surface area contributed by atoms with Crippen LogP contribution in [0, 0.1) is 0 Å². The number of hydrogen-bond acceptors (Lipinski definition) is 2. The Morgan fingerprint density at radius 1 is 1.14 bits per heavy atom. The molecule has 2 nitrogen and oxygen atoms in total. The Bertz CT molecular complexity index is 305. The van der Waals surface area contributed by atoms with Crippen LogP contribution in [0.2, 0.25) is 0 Å². The molecule has 0 aromatic heterocycles. The van der Waals surface area contributed by atoms with Crippen molar-refractivity contribution in [1.29, 1.82) is 0 Å². The van der Waals surface area contributed by atoms with Gasteiger partial charge in [0.15, 0.2) is 5.90 Å². The lowest BCUT2D eigenvalue weighted by Crippen LogP contribution is -1.99. The summed E-state index contributed by atoms with van der Waals surface area (Å²) in [6, 6.07) is 10.5. The molecule has 1 aromatic rings. The first-order chi connectivity index (χ1) is 6.95. The fraction of sp³-hybridized carbons (Fsp3) is 0.417. The number of rotatable bonds is 4. The van der Waals surface area contributed by atoms with E-state index in [4.69, 9.17) is 4.74 Å². The summed E-state index contributed by atoms with van der Waals surface area (Å²) in [6.07, 6.45) is 3.22. The van der Waals surface area contributed by atoms with E-state index in [0.29, 0.717) is 0 Å². The molecule has 0 fully saturated rings. The Morgan fingerprint density at radius 2 is 2.00 bits per heavy atom. The summed E-state index contributed by atoms with van der Waals surface area (Å²) in [7, 11) is 0. The highest BCUT2D eigenvalue weighted by Crippen LogP contribution is 2.07. The van der Waals surface area contributed by atoms with Gasteiger partial charge in [0, 0.05) is 6.42 Å². The largest absolute Gasteiger partial charge is 0.479 e. The van der Waals surface area contributed by atoms with Crippen LogP contribution in [-0.4, -0.2) is 19.0 Å². The van der Waals surface area contributed by atoms with Crippen molar-refractivity contribution >= 4 is 5.90 Å². The molecule has 1 aliphatic rings. The van der Waals surface area contributed by atoms with Crippen LogP contribution in [-0.2, 0) is 11.2 Å². The van der Waals surface area contributed by atoms with Crippen LogP contribution in [0.5, 0.6) is 0 Å². The van der Waals surface area contributed by atoms with Gasteiger partial charge in [-0.3, -0.25) is 4.99 Å². The summed E-state index contributed by atoms with van der Waals surface area (Å²) in [5.74, 6) is 0.945. The molecule has 1 aromatic carbocycles. The minimum absolute atomic E-state index is 0.778. The Labute approximate surface area is 84.6 Å². The molecule has 0 atom stereocenters. The second kappa shape index (κ2) is 4.80. The van der Waals surface area contributed by atoms with Gasteiger partial charge in [-0.05, 0) is 18.4 Å². The number of hydrogen-bond donors (Lipinski definition) is 0. The molecule has 0 aliphatic carbocycles. The third kappa shape index (κ3) is 2.59. The van der Waals surface area contributed by atoms with Gasteiger partial charge in [0.05, 0.1) is 6.54 Å². The maximum atomic E-state index is 5.34. The lowest BCUT2D eigenvalue weighted by Gasteiger charge is -2.01. The van der Waals surface area contributed by atoms with E-state index in [-0.39, 0.29) is 0 Å². The first-order valence-electron chi connectivity index (χ1n) is 5.15. The van der Waals surface area contributed by atoms with E-state index in [1.165, 1.54) is 5.56 Å². The fourth-order valence-corrected chi connectivity index (χ4v) is 1.62. The topological polar surface area (TPSA) is 21.6 Å². The molecule has 1 aliphatic heterocycles. The Balaban J connectivity index is 1.73. The van der Waals surface area contributed by atoms with E-state index in [1.807, 2.05) is 6.07 Å². The molecular formula is C12H15NO. The van der Waals surface area contributed by atoms with Crippen molar-refractivity contribution in [3.05, 3.63) is 35.9 Å². The molecule has 0 N–H and O–H groups in total. The molecule has 1 heterocycles. The maximum absolute atomic E-state index is 5.34. The smallest absolute Gasteiger partial charge is 0.183 e. The molecule has 2 rings (SSSR count). The van der Waals surface area contributed by atoms with E-state index in [0.717, 1.165) is 38.3 Å². The van der Waals surface area contributed by atoms with Crippen molar-refractivity contribution in [3.63, 3.8) is 0 Å². The third-order valence-corrected chi connectivity index (χ3v) is 2.35. The van der Waals surface area contributed by atoms with E-state index in [9.17, 15) is 0 Å². The standard InChI is InChI=1S/C12H15NO/c1-2-5-11(6-3-1)7-4-8-12-13-9-10-14-12/h1-3,5-6H,4,7-10H2. The number of aryl methyl sites for hydroxylation is 1. The van der Waals surface area contributed by atoms with Gasteiger partial charge < -0.3 is 4.74 Å². The minimum Gasteiger partial charge on any atom is -0.479 e. The highest BCUT2D eigenvalue weighted by Gasteiger charge is 2.05. The number of nitrogens with zero attached hydrogens (tertiary/aromatic N) is 1. The zero-order chi connectivity index (χ0) is 9.64. The van der Waals surface area contributed by atoms with Crippen LogP contribution in [0.1, 0.15) is 18.4 Å². The van der Waals surface area contributed by atoms with Crippen LogP contribution in [0.4, 0.5) is 0 Å².